The summed E-state index contributed by atoms with van der Waals surface area (Å²) in [5.74, 6) is 1.78. The van der Waals surface area contributed by atoms with E-state index in [0.29, 0.717) is 0 Å². The molecule has 38 heavy (non-hydrogen) atoms. The van der Waals surface area contributed by atoms with Gasteiger partial charge in [-0.05, 0) is 60.4 Å². The molecule has 0 N–H and O–H groups in total. The number of nitrogens with zero attached hydrogens (tertiary/aromatic N) is 2. The van der Waals surface area contributed by atoms with Gasteiger partial charge in [0.15, 0.2) is 0 Å². The van der Waals surface area contributed by atoms with E-state index in [1.807, 2.05) is 24.3 Å². The van der Waals surface area contributed by atoms with E-state index in [2.05, 4.69) is 109 Å². The fourth-order valence-corrected chi connectivity index (χ4v) is 4.89. The van der Waals surface area contributed by atoms with Crippen LogP contribution in [-0.4, -0.2) is 37.1 Å². The third-order valence-electron chi connectivity index (χ3n) is 7.42. The molecule has 0 bridgehead atoms. The third kappa shape index (κ3) is 7.47. The molecule has 4 nitrogen and oxygen atoms in total. The van der Waals surface area contributed by atoms with Gasteiger partial charge >= 0.3 is 0 Å². The van der Waals surface area contributed by atoms with Crippen LogP contribution in [0.15, 0.2) is 109 Å². The lowest BCUT2D eigenvalue weighted by Gasteiger charge is -2.35. The second kappa shape index (κ2) is 13.8. The number of rotatable bonds is 13. The van der Waals surface area contributed by atoms with Crippen molar-refractivity contribution in [3.8, 4) is 11.5 Å². The number of hydrogen-bond donors (Lipinski definition) is 0. The van der Waals surface area contributed by atoms with Gasteiger partial charge in [-0.1, -0.05) is 84.9 Å². The number of benzene rings is 4. The van der Waals surface area contributed by atoms with E-state index in [9.17, 15) is 0 Å². The van der Waals surface area contributed by atoms with Crippen molar-refractivity contribution < 1.29 is 9.47 Å². The average Bonchev–Trinajstić information content (AvgIpc) is 2.99. The lowest BCUT2D eigenvalue weighted by molar-refractivity contribution is 0.134. The van der Waals surface area contributed by atoms with E-state index in [4.69, 9.17) is 9.47 Å². The van der Waals surface area contributed by atoms with Crippen LogP contribution in [0.25, 0.3) is 0 Å². The Kier molecular flexibility index (Phi) is 9.97. The third-order valence-corrected chi connectivity index (χ3v) is 7.42. The van der Waals surface area contributed by atoms with Crippen molar-refractivity contribution in [2.45, 2.75) is 39.0 Å². The van der Waals surface area contributed by atoms with Crippen LogP contribution < -0.4 is 9.47 Å². The SMILES string of the molecule is COc1ccc(CN(CCN(Cc2ccc(OC)cc2)[C@@H](C)c2ccccc2)[C@@H](C)c2ccccc2)cc1. The van der Waals surface area contributed by atoms with Gasteiger partial charge in [0, 0.05) is 38.3 Å². The van der Waals surface area contributed by atoms with Crippen molar-refractivity contribution >= 4 is 0 Å². The Labute approximate surface area is 228 Å². The summed E-state index contributed by atoms with van der Waals surface area (Å²) in [6.07, 6.45) is 0. The fraction of sp³-hybridized carbons (Fsp3) is 0.294. The summed E-state index contributed by atoms with van der Waals surface area (Å²) in [5, 5.41) is 0. The summed E-state index contributed by atoms with van der Waals surface area (Å²) in [6.45, 7) is 8.25. The van der Waals surface area contributed by atoms with Gasteiger partial charge in [0.2, 0.25) is 0 Å². The molecule has 0 unspecified atom stereocenters. The van der Waals surface area contributed by atoms with Crippen molar-refractivity contribution in [1.29, 1.82) is 0 Å². The highest BCUT2D eigenvalue weighted by molar-refractivity contribution is 5.29. The quantitative estimate of drug-likeness (QED) is 0.186. The van der Waals surface area contributed by atoms with Crippen molar-refractivity contribution in [3.63, 3.8) is 0 Å². The Morgan fingerprint density at radius 1 is 0.500 bits per heavy atom. The zero-order valence-electron chi connectivity index (χ0n) is 23.1. The molecule has 0 saturated heterocycles. The van der Waals surface area contributed by atoms with Crippen LogP contribution in [0.1, 0.15) is 48.2 Å². The minimum Gasteiger partial charge on any atom is -0.497 e. The summed E-state index contributed by atoms with van der Waals surface area (Å²) < 4.78 is 10.8. The summed E-state index contributed by atoms with van der Waals surface area (Å²) >= 11 is 0. The first kappa shape index (κ1) is 27.4. The monoisotopic (exact) mass is 508 g/mol. The predicted molar refractivity (Wildman–Crippen MR) is 157 cm³/mol. The van der Waals surface area contributed by atoms with E-state index in [1.165, 1.54) is 22.3 Å². The van der Waals surface area contributed by atoms with Gasteiger partial charge in [0.25, 0.3) is 0 Å². The van der Waals surface area contributed by atoms with Crippen molar-refractivity contribution in [1.82, 2.24) is 9.80 Å². The molecule has 0 amide bonds. The van der Waals surface area contributed by atoms with Crippen LogP contribution in [-0.2, 0) is 13.1 Å². The van der Waals surface area contributed by atoms with Crippen LogP contribution >= 0.6 is 0 Å². The molecule has 198 valence electrons. The van der Waals surface area contributed by atoms with Gasteiger partial charge in [0.1, 0.15) is 11.5 Å². The standard InChI is InChI=1S/C34H40N2O2/c1-27(31-11-7-5-8-12-31)35(25-29-15-19-33(37-3)20-16-29)23-24-36(28(2)32-13-9-6-10-14-32)26-30-17-21-34(38-4)22-18-30/h5-22,27-28H,23-26H2,1-4H3/t27-,28-/m0/s1. The van der Waals surface area contributed by atoms with Crippen molar-refractivity contribution in [2.24, 2.45) is 0 Å². The number of ether oxygens (including phenoxy) is 2. The maximum absolute atomic E-state index is 5.38. The molecule has 0 aliphatic heterocycles. The topological polar surface area (TPSA) is 24.9 Å². The summed E-state index contributed by atoms with van der Waals surface area (Å²) in [6, 6.07) is 39.1. The first-order valence-electron chi connectivity index (χ1n) is 13.4. The second-order valence-electron chi connectivity index (χ2n) is 9.81. The molecule has 0 aliphatic carbocycles. The van der Waals surface area contributed by atoms with Crippen LogP contribution in [0.4, 0.5) is 0 Å². The van der Waals surface area contributed by atoms with Crippen LogP contribution in [0, 0.1) is 0 Å². The maximum Gasteiger partial charge on any atom is 0.118 e. The molecule has 0 heterocycles. The summed E-state index contributed by atoms with van der Waals surface area (Å²) in [7, 11) is 3.42. The van der Waals surface area contributed by atoms with Crippen LogP contribution in [0.2, 0.25) is 0 Å². The predicted octanol–water partition coefficient (Wildman–Crippen LogP) is 7.53. The molecule has 4 heteroatoms. The number of methoxy groups -OCH3 is 2. The molecule has 4 rings (SSSR count). The van der Waals surface area contributed by atoms with E-state index >= 15 is 0 Å². The Morgan fingerprint density at radius 3 is 1.16 bits per heavy atom. The molecule has 4 aromatic rings. The van der Waals surface area contributed by atoms with Gasteiger partial charge in [-0.2, -0.15) is 0 Å². The normalized spacial score (nSPS) is 12.9. The van der Waals surface area contributed by atoms with E-state index < -0.39 is 0 Å². The zero-order valence-corrected chi connectivity index (χ0v) is 23.1. The van der Waals surface area contributed by atoms with Crippen LogP contribution in [0.3, 0.4) is 0 Å². The lowest BCUT2D eigenvalue weighted by Crippen LogP contribution is -2.37. The van der Waals surface area contributed by atoms with Gasteiger partial charge in [-0.15, -0.1) is 0 Å². The average molecular weight is 509 g/mol. The minimum absolute atomic E-state index is 0.285. The lowest BCUT2D eigenvalue weighted by atomic mass is 10.0. The molecule has 0 fully saturated rings. The highest BCUT2D eigenvalue weighted by Gasteiger charge is 2.21. The van der Waals surface area contributed by atoms with Crippen molar-refractivity contribution in [3.05, 3.63) is 131 Å². The van der Waals surface area contributed by atoms with Gasteiger partial charge < -0.3 is 9.47 Å². The zero-order chi connectivity index (χ0) is 26.7. The molecule has 0 aliphatic rings. The molecule has 0 aromatic heterocycles. The molecule has 4 aromatic carbocycles. The van der Waals surface area contributed by atoms with E-state index in [0.717, 1.165) is 37.7 Å². The van der Waals surface area contributed by atoms with Crippen molar-refractivity contribution in [2.75, 3.05) is 27.3 Å². The first-order valence-corrected chi connectivity index (χ1v) is 13.4. The molecule has 2 atom stereocenters. The maximum atomic E-state index is 5.38. The highest BCUT2D eigenvalue weighted by Crippen LogP contribution is 2.26. The van der Waals surface area contributed by atoms with E-state index in [1.54, 1.807) is 14.2 Å². The fourth-order valence-electron chi connectivity index (χ4n) is 4.89. The first-order chi connectivity index (χ1) is 18.6. The Balaban J connectivity index is 1.56. The Bertz CT molecular complexity index is 1110. The minimum atomic E-state index is 0.285. The Hall–Kier alpha value is -3.60. The second-order valence-corrected chi connectivity index (χ2v) is 9.81. The smallest absolute Gasteiger partial charge is 0.118 e. The molecule has 0 spiro atoms. The summed E-state index contributed by atoms with van der Waals surface area (Å²) in [5.41, 5.74) is 5.23. The van der Waals surface area contributed by atoms with Gasteiger partial charge in [-0.25, -0.2) is 0 Å². The van der Waals surface area contributed by atoms with Gasteiger partial charge in [0.05, 0.1) is 14.2 Å². The largest absolute Gasteiger partial charge is 0.497 e. The molecule has 0 radical (unpaired) electrons. The Morgan fingerprint density at radius 2 is 0.842 bits per heavy atom. The molecular formula is C34H40N2O2. The number of hydrogen-bond acceptors (Lipinski definition) is 4. The molecule has 0 saturated carbocycles. The van der Waals surface area contributed by atoms with E-state index in [-0.39, 0.29) is 12.1 Å². The highest BCUT2D eigenvalue weighted by atomic mass is 16.5. The summed E-state index contributed by atoms with van der Waals surface area (Å²) in [4.78, 5) is 5.16. The molecular weight excluding hydrogens is 468 g/mol. The van der Waals surface area contributed by atoms with Crippen LogP contribution in [0.5, 0.6) is 11.5 Å². The van der Waals surface area contributed by atoms with Gasteiger partial charge in [-0.3, -0.25) is 9.80 Å².